The number of allylic oxidation sites excluding steroid dienone is 7. The van der Waals surface area contributed by atoms with E-state index in [1.165, 1.54) is 5.57 Å². The Balaban J connectivity index is 2.35. The number of carbonyl (C=O) groups excluding carboxylic acids is 2. The molecule has 0 saturated carbocycles. The lowest BCUT2D eigenvalue weighted by Gasteiger charge is -2.37. The standard InChI is InChI=1S/C24H28O3/c1-18(2)10-9-11-19(3)15-17-24(16-8-7-14-21(24)23(26)27)22(25)20-12-5-4-6-13-20/h4-8,10,12-16,21H,9,11,17H2,1-3H3,(H,26,27)/p-1/b19-15+. The van der Waals surface area contributed by atoms with Gasteiger partial charge in [0.2, 0.25) is 0 Å². The van der Waals surface area contributed by atoms with Crippen molar-refractivity contribution in [3.63, 3.8) is 0 Å². The number of benzene rings is 1. The summed E-state index contributed by atoms with van der Waals surface area (Å²) < 4.78 is 0. The molecular weight excluding hydrogens is 336 g/mol. The van der Waals surface area contributed by atoms with Crippen molar-refractivity contribution in [2.24, 2.45) is 11.3 Å². The average Bonchev–Trinajstić information content (AvgIpc) is 2.66. The van der Waals surface area contributed by atoms with Gasteiger partial charge in [0.05, 0.1) is 5.41 Å². The molecule has 0 saturated heterocycles. The fourth-order valence-electron chi connectivity index (χ4n) is 3.36. The lowest BCUT2D eigenvalue weighted by molar-refractivity contribution is -0.311. The van der Waals surface area contributed by atoms with E-state index in [0.717, 1.165) is 18.4 Å². The van der Waals surface area contributed by atoms with E-state index in [9.17, 15) is 14.7 Å². The number of rotatable bonds is 8. The molecule has 0 radical (unpaired) electrons. The second-order valence-corrected chi connectivity index (χ2v) is 7.35. The summed E-state index contributed by atoms with van der Waals surface area (Å²) in [4.78, 5) is 25.2. The minimum atomic E-state index is -1.23. The highest BCUT2D eigenvalue weighted by Crippen LogP contribution is 2.41. The Morgan fingerprint density at radius 3 is 2.41 bits per heavy atom. The number of carboxylic acid groups (broad SMARTS) is 1. The maximum atomic E-state index is 13.3. The number of hydrogen-bond acceptors (Lipinski definition) is 3. The fraction of sp³-hybridized carbons (Fsp3) is 0.333. The molecule has 1 aliphatic carbocycles. The molecule has 0 aromatic heterocycles. The lowest BCUT2D eigenvalue weighted by atomic mass is 9.66. The van der Waals surface area contributed by atoms with Crippen molar-refractivity contribution in [2.75, 3.05) is 0 Å². The van der Waals surface area contributed by atoms with Crippen LogP contribution in [-0.2, 0) is 4.79 Å². The summed E-state index contributed by atoms with van der Waals surface area (Å²) in [5.74, 6) is -2.40. The molecule has 0 amide bonds. The van der Waals surface area contributed by atoms with Gasteiger partial charge in [0.15, 0.2) is 5.78 Å². The van der Waals surface area contributed by atoms with Crippen LogP contribution in [0.25, 0.3) is 0 Å². The van der Waals surface area contributed by atoms with Crippen LogP contribution < -0.4 is 5.11 Å². The van der Waals surface area contributed by atoms with Crippen LogP contribution in [0.4, 0.5) is 0 Å². The van der Waals surface area contributed by atoms with Gasteiger partial charge in [-0.3, -0.25) is 4.79 Å². The first-order valence-corrected chi connectivity index (χ1v) is 9.32. The topological polar surface area (TPSA) is 57.2 Å². The predicted molar refractivity (Wildman–Crippen MR) is 107 cm³/mol. The van der Waals surface area contributed by atoms with Crippen molar-refractivity contribution >= 4 is 11.8 Å². The van der Waals surface area contributed by atoms with Gasteiger partial charge in [0.25, 0.3) is 0 Å². The summed E-state index contributed by atoms with van der Waals surface area (Å²) in [7, 11) is 0. The lowest BCUT2D eigenvalue weighted by Crippen LogP contribution is -2.46. The molecular formula is C24H27O3-. The first kappa shape index (κ1) is 20.6. The summed E-state index contributed by atoms with van der Waals surface area (Å²) in [6.45, 7) is 6.16. The minimum absolute atomic E-state index is 0.189. The van der Waals surface area contributed by atoms with E-state index < -0.39 is 17.3 Å². The molecule has 1 aromatic rings. The molecule has 0 N–H and O–H groups in total. The molecule has 0 heterocycles. The van der Waals surface area contributed by atoms with Crippen LogP contribution in [0.2, 0.25) is 0 Å². The van der Waals surface area contributed by atoms with E-state index in [-0.39, 0.29) is 5.78 Å². The van der Waals surface area contributed by atoms with E-state index in [2.05, 4.69) is 19.9 Å². The molecule has 142 valence electrons. The number of carboxylic acids is 1. The highest BCUT2D eigenvalue weighted by molar-refractivity contribution is 6.04. The SMILES string of the molecule is CC(C)=CCC/C(C)=C/CC1(C(=O)c2ccccc2)C=CC=CC1C(=O)[O-]. The van der Waals surface area contributed by atoms with Gasteiger partial charge >= 0.3 is 0 Å². The van der Waals surface area contributed by atoms with Crippen molar-refractivity contribution < 1.29 is 14.7 Å². The molecule has 0 fully saturated rings. The molecule has 0 spiro atoms. The van der Waals surface area contributed by atoms with E-state index in [4.69, 9.17) is 0 Å². The van der Waals surface area contributed by atoms with Gasteiger partial charge in [-0.1, -0.05) is 77.9 Å². The molecule has 1 aliphatic rings. The highest BCUT2D eigenvalue weighted by atomic mass is 16.4. The molecule has 3 nitrogen and oxygen atoms in total. The molecule has 0 bridgehead atoms. The smallest absolute Gasteiger partial charge is 0.174 e. The Bertz CT molecular complexity index is 792. The number of hydrogen-bond donors (Lipinski definition) is 0. The molecule has 27 heavy (non-hydrogen) atoms. The third-order valence-electron chi connectivity index (χ3n) is 4.96. The molecule has 3 heteroatoms. The van der Waals surface area contributed by atoms with Crippen molar-refractivity contribution in [3.05, 3.63) is 83.5 Å². The first-order valence-electron chi connectivity index (χ1n) is 9.32. The highest BCUT2D eigenvalue weighted by Gasteiger charge is 2.43. The van der Waals surface area contributed by atoms with Crippen molar-refractivity contribution in [2.45, 2.75) is 40.0 Å². The summed E-state index contributed by atoms with van der Waals surface area (Å²) in [5, 5.41) is 11.8. The van der Waals surface area contributed by atoms with Gasteiger partial charge in [0.1, 0.15) is 0 Å². The fourth-order valence-corrected chi connectivity index (χ4v) is 3.36. The summed E-state index contributed by atoms with van der Waals surface area (Å²) in [6, 6.07) is 8.88. The Morgan fingerprint density at radius 2 is 1.78 bits per heavy atom. The van der Waals surface area contributed by atoms with Gasteiger partial charge in [-0.25, -0.2) is 0 Å². The monoisotopic (exact) mass is 363 g/mol. The van der Waals surface area contributed by atoms with Crippen molar-refractivity contribution in [1.82, 2.24) is 0 Å². The van der Waals surface area contributed by atoms with Crippen LogP contribution in [0.5, 0.6) is 0 Å². The summed E-state index contributed by atoms with van der Waals surface area (Å²) >= 11 is 0. The molecule has 1 aromatic carbocycles. The second-order valence-electron chi connectivity index (χ2n) is 7.35. The van der Waals surface area contributed by atoms with Gasteiger partial charge in [0, 0.05) is 17.5 Å². The molecule has 2 unspecified atom stereocenters. The maximum absolute atomic E-state index is 13.3. The van der Waals surface area contributed by atoms with Crippen LogP contribution in [0.3, 0.4) is 0 Å². The van der Waals surface area contributed by atoms with E-state index in [1.54, 1.807) is 48.6 Å². The van der Waals surface area contributed by atoms with Gasteiger partial charge in [-0.05, 0) is 40.0 Å². The zero-order valence-electron chi connectivity index (χ0n) is 16.3. The van der Waals surface area contributed by atoms with Crippen LogP contribution in [0, 0.1) is 11.3 Å². The first-order chi connectivity index (χ1) is 12.9. The summed E-state index contributed by atoms with van der Waals surface area (Å²) in [5.41, 5.74) is 1.77. The van der Waals surface area contributed by atoms with E-state index in [1.807, 2.05) is 19.1 Å². The van der Waals surface area contributed by atoms with Crippen molar-refractivity contribution in [1.29, 1.82) is 0 Å². The summed E-state index contributed by atoms with van der Waals surface area (Å²) in [6.07, 6.45) is 13.0. The Hall–Kier alpha value is -2.68. The van der Waals surface area contributed by atoms with E-state index in [0.29, 0.717) is 12.0 Å². The van der Waals surface area contributed by atoms with Gasteiger partial charge in [-0.2, -0.15) is 0 Å². The second kappa shape index (κ2) is 9.31. The zero-order chi connectivity index (χ0) is 19.9. The quantitative estimate of drug-likeness (QED) is 0.507. The van der Waals surface area contributed by atoms with Crippen LogP contribution in [0.1, 0.15) is 50.4 Å². The minimum Gasteiger partial charge on any atom is -0.549 e. The predicted octanol–water partition coefficient (Wildman–Crippen LogP) is 4.43. The molecule has 2 rings (SSSR count). The largest absolute Gasteiger partial charge is 0.549 e. The van der Waals surface area contributed by atoms with Crippen LogP contribution in [0.15, 0.2) is 77.9 Å². The Morgan fingerprint density at radius 1 is 1.07 bits per heavy atom. The normalized spacial score (nSPS) is 21.7. The Kier molecular flexibility index (Phi) is 7.12. The zero-order valence-corrected chi connectivity index (χ0v) is 16.3. The van der Waals surface area contributed by atoms with Crippen LogP contribution >= 0.6 is 0 Å². The molecule has 0 aliphatic heterocycles. The van der Waals surface area contributed by atoms with E-state index >= 15 is 0 Å². The third-order valence-corrected chi connectivity index (χ3v) is 4.96. The average molecular weight is 363 g/mol. The maximum Gasteiger partial charge on any atom is 0.174 e. The van der Waals surface area contributed by atoms with Crippen molar-refractivity contribution in [3.8, 4) is 0 Å². The number of Topliss-reactive ketones (excluding diaryl/α,β-unsaturated/α-hetero) is 1. The number of ketones is 1. The van der Waals surface area contributed by atoms with Gasteiger partial charge < -0.3 is 9.90 Å². The van der Waals surface area contributed by atoms with Gasteiger partial charge in [-0.15, -0.1) is 0 Å². The molecule has 2 atom stereocenters. The van der Waals surface area contributed by atoms with Crippen LogP contribution in [-0.4, -0.2) is 11.8 Å². The number of aliphatic carboxylic acids is 1. The number of carbonyl (C=O) groups is 2. The Labute approximate surface area is 161 Å². The third kappa shape index (κ3) is 5.16.